The van der Waals surface area contributed by atoms with E-state index in [2.05, 4.69) is 6.58 Å². The lowest BCUT2D eigenvalue weighted by Crippen LogP contribution is -2.08. The summed E-state index contributed by atoms with van der Waals surface area (Å²) >= 11 is 6.06. The molecule has 0 unspecified atom stereocenters. The van der Waals surface area contributed by atoms with Crippen LogP contribution in [0.2, 0.25) is 0 Å². The number of aliphatic hydroxyl groups is 1. The summed E-state index contributed by atoms with van der Waals surface area (Å²) in [5, 5.41) is 10.4. The van der Waals surface area contributed by atoms with Crippen molar-refractivity contribution in [3.63, 3.8) is 0 Å². The first kappa shape index (κ1) is 10.4. The molecule has 0 fully saturated rings. The average molecular weight is 199 g/mol. The molecule has 0 aliphatic heterocycles. The predicted octanol–water partition coefficient (Wildman–Crippen LogP) is 3.93. The maximum Gasteiger partial charge on any atom is 0.100 e. The molecule has 0 spiro atoms. The van der Waals surface area contributed by atoms with Crippen LogP contribution in [-0.4, -0.2) is 5.11 Å². The van der Waals surface area contributed by atoms with E-state index in [9.17, 15) is 5.11 Å². The van der Waals surface area contributed by atoms with E-state index in [1.807, 2.05) is 20.8 Å². The first-order valence-electron chi connectivity index (χ1n) is 4.42. The third-order valence-corrected chi connectivity index (χ3v) is 2.86. The Bertz CT molecular complexity index is 308. The molecule has 1 aliphatic carbocycles. The van der Waals surface area contributed by atoms with Crippen molar-refractivity contribution in [1.29, 1.82) is 0 Å². The smallest absolute Gasteiger partial charge is 0.100 e. The predicted molar refractivity (Wildman–Crippen MR) is 56.8 cm³/mol. The van der Waals surface area contributed by atoms with E-state index < -0.39 is 0 Å². The van der Waals surface area contributed by atoms with Gasteiger partial charge in [0, 0.05) is 11.5 Å². The molecule has 0 atom stereocenters. The Labute approximate surface area is 84.4 Å². The fraction of sp³-hybridized carbons (Fsp3) is 0.455. The molecule has 72 valence electrons. The molecule has 13 heavy (non-hydrogen) atoms. The van der Waals surface area contributed by atoms with E-state index in [1.54, 1.807) is 0 Å². The summed E-state index contributed by atoms with van der Waals surface area (Å²) in [5.41, 5.74) is 2.74. The van der Waals surface area contributed by atoms with Crippen LogP contribution in [0, 0.1) is 5.92 Å². The van der Waals surface area contributed by atoms with Crippen molar-refractivity contribution in [3.05, 3.63) is 34.1 Å². The van der Waals surface area contributed by atoms with Crippen molar-refractivity contribution in [2.24, 2.45) is 5.92 Å². The Morgan fingerprint density at radius 1 is 1.46 bits per heavy atom. The summed E-state index contributed by atoms with van der Waals surface area (Å²) in [4.78, 5) is 0. The van der Waals surface area contributed by atoms with Crippen LogP contribution in [0.25, 0.3) is 0 Å². The highest BCUT2D eigenvalue weighted by molar-refractivity contribution is 6.32. The van der Waals surface area contributed by atoms with Crippen LogP contribution in [0.3, 0.4) is 0 Å². The summed E-state index contributed by atoms with van der Waals surface area (Å²) < 4.78 is 0. The van der Waals surface area contributed by atoms with E-state index in [-0.39, 0.29) is 0 Å². The fourth-order valence-corrected chi connectivity index (χ4v) is 1.91. The SMILES string of the molecule is C=C1CC(O)=C(C(C)C)C(C)=C1Cl. The highest BCUT2D eigenvalue weighted by Crippen LogP contribution is 2.37. The maximum absolute atomic E-state index is 9.72. The highest BCUT2D eigenvalue weighted by atomic mass is 35.5. The first-order valence-corrected chi connectivity index (χ1v) is 4.79. The number of halogens is 1. The Morgan fingerprint density at radius 2 is 2.00 bits per heavy atom. The highest BCUT2D eigenvalue weighted by Gasteiger charge is 2.21. The topological polar surface area (TPSA) is 20.2 Å². The van der Waals surface area contributed by atoms with Gasteiger partial charge < -0.3 is 5.11 Å². The summed E-state index contributed by atoms with van der Waals surface area (Å²) in [7, 11) is 0. The van der Waals surface area contributed by atoms with Gasteiger partial charge >= 0.3 is 0 Å². The van der Waals surface area contributed by atoms with Gasteiger partial charge in [0.15, 0.2) is 0 Å². The van der Waals surface area contributed by atoms with Crippen LogP contribution in [0.5, 0.6) is 0 Å². The summed E-state index contributed by atoms with van der Waals surface area (Å²) in [6.45, 7) is 9.83. The lowest BCUT2D eigenvalue weighted by molar-refractivity contribution is 0.383. The van der Waals surface area contributed by atoms with E-state index in [0.29, 0.717) is 23.1 Å². The molecule has 0 radical (unpaired) electrons. The zero-order valence-corrected chi connectivity index (χ0v) is 9.07. The minimum atomic E-state index is 0.307. The molecule has 0 aromatic rings. The summed E-state index contributed by atoms with van der Waals surface area (Å²) in [6.07, 6.45) is 0.490. The van der Waals surface area contributed by atoms with Gasteiger partial charge in [-0.1, -0.05) is 32.0 Å². The lowest BCUT2D eigenvalue weighted by atomic mass is 9.87. The number of hydrogen-bond donors (Lipinski definition) is 1. The normalized spacial score (nSPS) is 19.0. The largest absolute Gasteiger partial charge is 0.512 e. The van der Waals surface area contributed by atoms with Gasteiger partial charge in [0.05, 0.1) is 0 Å². The number of allylic oxidation sites excluding steroid dienone is 4. The lowest BCUT2D eigenvalue weighted by Gasteiger charge is -2.22. The molecule has 0 bridgehead atoms. The van der Waals surface area contributed by atoms with Crippen LogP contribution >= 0.6 is 11.6 Å². The third kappa shape index (κ3) is 1.80. The van der Waals surface area contributed by atoms with Crippen LogP contribution in [-0.2, 0) is 0 Å². The van der Waals surface area contributed by atoms with Gasteiger partial charge in [-0.05, 0) is 29.6 Å². The summed E-state index contributed by atoms with van der Waals surface area (Å²) in [5.74, 6) is 0.726. The van der Waals surface area contributed by atoms with E-state index in [0.717, 1.165) is 16.7 Å². The van der Waals surface area contributed by atoms with Crippen molar-refractivity contribution in [3.8, 4) is 0 Å². The second-order valence-electron chi connectivity index (χ2n) is 3.73. The second-order valence-corrected chi connectivity index (χ2v) is 4.11. The summed E-state index contributed by atoms with van der Waals surface area (Å²) in [6, 6.07) is 0. The molecule has 2 heteroatoms. The number of hydrogen-bond acceptors (Lipinski definition) is 1. The Morgan fingerprint density at radius 3 is 2.46 bits per heavy atom. The van der Waals surface area contributed by atoms with Crippen molar-refractivity contribution in [2.45, 2.75) is 27.2 Å². The molecule has 1 N–H and O–H groups in total. The average Bonchev–Trinajstić information content (AvgIpc) is 1.99. The van der Waals surface area contributed by atoms with Crippen LogP contribution < -0.4 is 0 Å². The van der Waals surface area contributed by atoms with Gasteiger partial charge in [0.2, 0.25) is 0 Å². The second kappa shape index (κ2) is 3.59. The molecule has 1 nitrogen and oxygen atoms in total. The molecule has 0 aromatic carbocycles. The quantitative estimate of drug-likeness (QED) is 0.677. The molecule has 0 saturated carbocycles. The van der Waals surface area contributed by atoms with Crippen LogP contribution in [0.4, 0.5) is 0 Å². The van der Waals surface area contributed by atoms with Crippen molar-refractivity contribution >= 4 is 11.6 Å². The van der Waals surface area contributed by atoms with E-state index in [4.69, 9.17) is 11.6 Å². The molecule has 1 aliphatic rings. The molecular weight excluding hydrogens is 184 g/mol. The Kier molecular flexibility index (Phi) is 2.87. The number of aliphatic hydroxyl groups excluding tert-OH is 1. The van der Waals surface area contributed by atoms with Crippen molar-refractivity contribution < 1.29 is 5.11 Å². The minimum absolute atomic E-state index is 0.307. The minimum Gasteiger partial charge on any atom is -0.512 e. The van der Waals surface area contributed by atoms with Gasteiger partial charge in [-0.15, -0.1) is 0 Å². The van der Waals surface area contributed by atoms with Crippen molar-refractivity contribution in [2.75, 3.05) is 0 Å². The zero-order chi connectivity index (χ0) is 10.2. The number of rotatable bonds is 1. The molecular formula is C11H15ClO. The maximum atomic E-state index is 9.72. The fourth-order valence-electron chi connectivity index (χ4n) is 1.74. The Balaban J connectivity index is 3.21. The van der Waals surface area contributed by atoms with Crippen LogP contribution in [0.15, 0.2) is 34.1 Å². The molecule has 0 aromatic heterocycles. The monoisotopic (exact) mass is 198 g/mol. The third-order valence-electron chi connectivity index (χ3n) is 2.31. The van der Waals surface area contributed by atoms with Gasteiger partial charge in [0.1, 0.15) is 5.76 Å². The Hall–Kier alpha value is -0.690. The molecule has 0 heterocycles. The van der Waals surface area contributed by atoms with Crippen LogP contribution in [0.1, 0.15) is 27.2 Å². The molecule has 0 amide bonds. The van der Waals surface area contributed by atoms with Gasteiger partial charge in [-0.3, -0.25) is 0 Å². The standard InChI is InChI=1S/C11H15ClO/c1-6(2)10-8(4)11(12)7(3)5-9(10)13/h6,13H,3,5H2,1-2,4H3. The molecule has 1 rings (SSSR count). The van der Waals surface area contributed by atoms with Gasteiger partial charge in [-0.2, -0.15) is 0 Å². The van der Waals surface area contributed by atoms with Gasteiger partial charge in [-0.25, -0.2) is 0 Å². The van der Waals surface area contributed by atoms with E-state index in [1.165, 1.54) is 0 Å². The van der Waals surface area contributed by atoms with E-state index >= 15 is 0 Å². The molecule has 0 saturated heterocycles. The van der Waals surface area contributed by atoms with Crippen molar-refractivity contribution in [1.82, 2.24) is 0 Å². The first-order chi connectivity index (χ1) is 5.95. The zero-order valence-electron chi connectivity index (χ0n) is 8.32. The van der Waals surface area contributed by atoms with Gasteiger partial charge in [0.25, 0.3) is 0 Å².